The van der Waals surface area contributed by atoms with Crippen LogP contribution in [0.2, 0.25) is 0 Å². The number of rotatable bonds is 5. The van der Waals surface area contributed by atoms with Crippen LogP contribution in [-0.4, -0.2) is 20.2 Å². The van der Waals surface area contributed by atoms with Crippen molar-refractivity contribution < 1.29 is 14.3 Å². The van der Waals surface area contributed by atoms with Crippen LogP contribution in [0.3, 0.4) is 0 Å². The highest BCUT2D eigenvalue weighted by molar-refractivity contribution is 5.80. The fraction of sp³-hybridized carbons (Fsp3) is 0.316. The molecule has 1 atom stereocenters. The summed E-state index contributed by atoms with van der Waals surface area (Å²) in [5.74, 6) is 0.202. The SMILES string of the molecule is COC(=O)C(c1ccccc1)C(C)(C)c1ccc(OC)cc1. The number of hydrogen-bond acceptors (Lipinski definition) is 3. The topological polar surface area (TPSA) is 35.5 Å². The summed E-state index contributed by atoms with van der Waals surface area (Å²) in [5, 5.41) is 0. The van der Waals surface area contributed by atoms with E-state index in [-0.39, 0.29) is 11.9 Å². The lowest BCUT2D eigenvalue weighted by molar-refractivity contribution is -0.144. The van der Waals surface area contributed by atoms with Gasteiger partial charge < -0.3 is 9.47 Å². The minimum atomic E-state index is -0.402. The van der Waals surface area contributed by atoms with Crippen molar-refractivity contribution in [1.82, 2.24) is 0 Å². The Labute approximate surface area is 131 Å². The molecule has 2 aromatic rings. The van der Waals surface area contributed by atoms with Crippen molar-refractivity contribution in [2.75, 3.05) is 14.2 Å². The summed E-state index contributed by atoms with van der Waals surface area (Å²) in [7, 11) is 3.07. The highest BCUT2D eigenvalue weighted by Crippen LogP contribution is 2.40. The van der Waals surface area contributed by atoms with Gasteiger partial charge in [0.2, 0.25) is 0 Å². The van der Waals surface area contributed by atoms with Gasteiger partial charge in [0.15, 0.2) is 0 Å². The van der Waals surface area contributed by atoms with Crippen LogP contribution in [-0.2, 0) is 14.9 Å². The van der Waals surface area contributed by atoms with E-state index < -0.39 is 5.41 Å². The van der Waals surface area contributed by atoms with Crippen molar-refractivity contribution in [3.8, 4) is 5.75 Å². The van der Waals surface area contributed by atoms with E-state index in [4.69, 9.17) is 9.47 Å². The summed E-state index contributed by atoms with van der Waals surface area (Å²) in [4.78, 5) is 12.4. The number of carbonyl (C=O) groups excluding carboxylic acids is 1. The van der Waals surface area contributed by atoms with E-state index in [1.807, 2.05) is 54.6 Å². The lowest BCUT2D eigenvalue weighted by Crippen LogP contribution is -2.33. The second-order valence-corrected chi connectivity index (χ2v) is 5.82. The van der Waals surface area contributed by atoms with E-state index in [1.165, 1.54) is 7.11 Å². The lowest BCUT2D eigenvalue weighted by Gasteiger charge is -2.33. The van der Waals surface area contributed by atoms with Gasteiger partial charge in [0.25, 0.3) is 0 Å². The molecular formula is C19H22O3. The maximum atomic E-state index is 12.4. The molecule has 0 aliphatic carbocycles. The van der Waals surface area contributed by atoms with Crippen LogP contribution in [0, 0.1) is 0 Å². The Bertz CT molecular complexity index is 615. The molecule has 2 aromatic carbocycles. The van der Waals surface area contributed by atoms with Gasteiger partial charge in [-0.25, -0.2) is 0 Å². The summed E-state index contributed by atoms with van der Waals surface area (Å²) in [6.07, 6.45) is 0. The van der Waals surface area contributed by atoms with Gasteiger partial charge in [-0.15, -0.1) is 0 Å². The highest BCUT2D eigenvalue weighted by atomic mass is 16.5. The Morgan fingerprint density at radius 1 is 0.955 bits per heavy atom. The molecule has 0 aromatic heterocycles. The predicted octanol–water partition coefficient (Wildman–Crippen LogP) is 3.93. The lowest BCUT2D eigenvalue weighted by atomic mass is 9.70. The first kappa shape index (κ1) is 16.1. The van der Waals surface area contributed by atoms with Crippen LogP contribution in [0.15, 0.2) is 54.6 Å². The van der Waals surface area contributed by atoms with E-state index >= 15 is 0 Å². The van der Waals surface area contributed by atoms with Crippen LogP contribution < -0.4 is 4.74 Å². The summed E-state index contributed by atoms with van der Waals surface area (Å²) >= 11 is 0. The third-order valence-corrected chi connectivity index (χ3v) is 4.13. The van der Waals surface area contributed by atoms with Crippen molar-refractivity contribution in [1.29, 1.82) is 0 Å². The van der Waals surface area contributed by atoms with E-state index in [1.54, 1.807) is 7.11 Å². The zero-order chi connectivity index (χ0) is 16.2. The van der Waals surface area contributed by atoms with Crippen molar-refractivity contribution in [3.63, 3.8) is 0 Å². The van der Waals surface area contributed by atoms with Crippen molar-refractivity contribution in [3.05, 3.63) is 65.7 Å². The normalized spacial score (nSPS) is 12.5. The van der Waals surface area contributed by atoms with Gasteiger partial charge in [0.05, 0.1) is 20.1 Å². The molecule has 0 saturated carbocycles. The van der Waals surface area contributed by atoms with Gasteiger partial charge in [0, 0.05) is 5.41 Å². The predicted molar refractivity (Wildman–Crippen MR) is 87.2 cm³/mol. The van der Waals surface area contributed by atoms with Crippen LogP contribution in [0.5, 0.6) is 5.75 Å². The number of carbonyl (C=O) groups is 1. The minimum absolute atomic E-state index is 0.230. The molecule has 22 heavy (non-hydrogen) atoms. The molecule has 3 nitrogen and oxygen atoms in total. The average Bonchev–Trinajstić information content (AvgIpc) is 2.55. The third-order valence-electron chi connectivity index (χ3n) is 4.13. The molecule has 1 unspecified atom stereocenters. The van der Waals surface area contributed by atoms with E-state index in [9.17, 15) is 4.79 Å². The first-order chi connectivity index (χ1) is 10.5. The molecule has 0 fully saturated rings. The summed E-state index contributed by atoms with van der Waals surface area (Å²) in [5.41, 5.74) is 1.61. The Hall–Kier alpha value is -2.29. The standard InChI is InChI=1S/C19H22O3/c1-19(2,15-10-12-16(21-3)13-11-15)17(18(20)22-4)14-8-6-5-7-9-14/h5-13,17H,1-4H3. The first-order valence-electron chi connectivity index (χ1n) is 7.28. The number of ether oxygens (including phenoxy) is 2. The Morgan fingerprint density at radius 2 is 1.55 bits per heavy atom. The third kappa shape index (κ3) is 3.14. The van der Waals surface area contributed by atoms with Gasteiger partial charge >= 0.3 is 5.97 Å². The van der Waals surface area contributed by atoms with Crippen molar-refractivity contribution >= 4 is 5.97 Å². The number of benzene rings is 2. The maximum absolute atomic E-state index is 12.4. The van der Waals surface area contributed by atoms with Gasteiger partial charge in [-0.05, 0) is 23.3 Å². The molecule has 0 heterocycles. The molecule has 116 valence electrons. The molecule has 0 aliphatic rings. The smallest absolute Gasteiger partial charge is 0.314 e. The number of hydrogen-bond donors (Lipinski definition) is 0. The zero-order valence-corrected chi connectivity index (χ0v) is 13.5. The second-order valence-electron chi connectivity index (χ2n) is 5.82. The summed E-state index contributed by atoms with van der Waals surface area (Å²) < 4.78 is 10.3. The van der Waals surface area contributed by atoms with Gasteiger partial charge in [-0.2, -0.15) is 0 Å². The van der Waals surface area contributed by atoms with Crippen LogP contribution >= 0.6 is 0 Å². The minimum Gasteiger partial charge on any atom is -0.497 e. The molecule has 0 radical (unpaired) electrons. The number of methoxy groups -OCH3 is 2. The Kier molecular flexibility index (Phi) is 4.86. The fourth-order valence-electron chi connectivity index (χ4n) is 2.80. The molecule has 0 spiro atoms. The molecule has 0 aliphatic heterocycles. The van der Waals surface area contributed by atoms with Gasteiger partial charge in [-0.1, -0.05) is 56.3 Å². The summed E-state index contributed by atoms with van der Waals surface area (Å²) in [6.45, 7) is 4.12. The Morgan fingerprint density at radius 3 is 2.05 bits per heavy atom. The largest absolute Gasteiger partial charge is 0.497 e. The van der Waals surface area contributed by atoms with Crippen molar-refractivity contribution in [2.45, 2.75) is 25.2 Å². The maximum Gasteiger partial charge on any atom is 0.314 e. The Balaban J connectivity index is 2.46. The fourth-order valence-corrected chi connectivity index (χ4v) is 2.80. The molecular weight excluding hydrogens is 276 g/mol. The van der Waals surface area contributed by atoms with E-state index in [0.717, 1.165) is 16.9 Å². The molecule has 3 heteroatoms. The molecule has 0 saturated heterocycles. The highest BCUT2D eigenvalue weighted by Gasteiger charge is 2.38. The average molecular weight is 298 g/mol. The van der Waals surface area contributed by atoms with E-state index in [2.05, 4.69) is 13.8 Å². The molecule has 0 bridgehead atoms. The second kappa shape index (κ2) is 6.65. The van der Waals surface area contributed by atoms with Crippen molar-refractivity contribution in [2.24, 2.45) is 0 Å². The zero-order valence-electron chi connectivity index (χ0n) is 13.5. The van der Waals surface area contributed by atoms with Gasteiger partial charge in [0.1, 0.15) is 5.75 Å². The quantitative estimate of drug-likeness (QED) is 0.785. The molecule has 0 N–H and O–H groups in total. The molecule has 0 amide bonds. The molecule has 2 rings (SSSR count). The van der Waals surface area contributed by atoms with E-state index in [0.29, 0.717) is 0 Å². The van der Waals surface area contributed by atoms with Crippen LogP contribution in [0.25, 0.3) is 0 Å². The van der Waals surface area contributed by atoms with Gasteiger partial charge in [-0.3, -0.25) is 4.79 Å². The summed E-state index contributed by atoms with van der Waals surface area (Å²) in [6, 6.07) is 17.6. The first-order valence-corrected chi connectivity index (χ1v) is 7.28. The van der Waals surface area contributed by atoms with Crippen LogP contribution in [0.4, 0.5) is 0 Å². The monoisotopic (exact) mass is 298 g/mol. The number of esters is 1. The van der Waals surface area contributed by atoms with Crippen LogP contribution in [0.1, 0.15) is 30.9 Å².